The molecule has 0 bridgehead atoms. The van der Waals surface area contributed by atoms with Crippen LogP contribution in [0.1, 0.15) is 17.2 Å². The minimum absolute atomic E-state index is 0.890. The summed E-state index contributed by atoms with van der Waals surface area (Å²) in [6.45, 7) is 3.96. The molecule has 2 aromatic heterocycles. The van der Waals surface area contributed by atoms with Crippen LogP contribution >= 0.6 is 11.8 Å². The van der Waals surface area contributed by atoms with Crippen LogP contribution in [-0.2, 0) is 5.75 Å². The Kier molecular flexibility index (Phi) is 3.11. The molecule has 2 aromatic rings. The molecule has 0 aromatic carbocycles. The number of pyridine rings is 1. The monoisotopic (exact) mass is 219 g/mol. The second kappa shape index (κ2) is 4.53. The first-order valence-electron chi connectivity index (χ1n) is 4.85. The van der Waals surface area contributed by atoms with E-state index in [4.69, 9.17) is 4.42 Å². The predicted octanol–water partition coefficient (Wildman–Crippen LogP) is 3.58. The summed E-state index contributed by atoms with van der Waals surface area (Å²) in [5, 5.41) is 0. The number of hydrogen-bond acceptors (Lipinski definition) is 3. The highest BCUT2D eigenvalue weighted by atomic mass is 32.2. The van der Waals surface area contributed by atoms with Crippen LogP contribution in [-0.4, -0.2) is 4.98 Å². The lowest BCUT2D eigenvalue weighted by atomic mass is 10.4. The Morgan fingerprint density at radius 1 is 1.33 bits per heavy atom. The number of aryl methyl sites for hydroxylation is 2. The third kappa shape index (κ3) is 2.63. The van der Waals surface area contributed by atoms with E-state index in [0.29, 0.717) is 0 Å². The first-order chi connectivity index (χ1) is 7.25. The average molecular weight is 219 g/mol. The summed E-state index contributed by atoms with van der Waals surface area (Å²) in [6, 6.07) is 8.05. The van der Waals surface area contributed by atoms with E-state index in [1.54, 1.807) is 11.8 Å². The Bertz CT molecular complexity index is 436. The normalized spacial score (nSPS) is 10.5. The van der Waals surface area contributed by atoms with Crippen LogP contribution in [0.3, 0.4) is 0 Å². The molecule has 2 nitrogen and oxygen atoms in total. The van der Waals surface area contributed by atoms with Crippen molar-refractivity contribution >= 4 is 11.8 Å². The molecule has 0 unspecified atom stereocenters. The fraction of sp³-hybridized carbons (Fsp3) is 0.250. The molecule has 0 aliphatic heterocycles. The highest BCUT2D eigenvalue weighted by Crippen LogP contribution is 2.27. The van der Waals surface area contributed by atoms with Gasteiger partial charge in [0, 0.05) is 16.8 Å². The van der Waals surface area contributed by atoms with Crippen LogP contribution in [0, 0.1) is 13.8 Å². The van der Waals surface area contributed by atoms with Crippen LogP contribution in [0.5, 0.6) is 0 Å². The number of aromatic nitrogens is 1. The summed E-state index contributed by atoms with van der Waals surface area (Å²) in [6.07, 6.45) is 1.82. The lowest BCUT2D eigenvalue weighted by Gasteiger charge is -1.98. The summed E-state index contributed by atoms with van der Waals surface area (Å²) in [4.78, 5) is 5.49. The van der Waals surface area contributed by atoms with Crippen molar-refractivity contribution in [2.45, 2.75) is 24.5 Å². The molecule has 0 saturated carbocycles. The summed E-state index contributed by atoms with van der Waals surface area (Å²) < 4.78 is 5.46. The molecule has 0 spiro atoms. The van der Waals surface area contributed by atoms with E-state index < -0.39 is 0 Å². The molecule has 2 rings (SSSR count). The topological polar surface area (TPSA) is 26.0 Å². The molecule has 0 aliphatic rings. The van der Waals surface area contributed by atoms with Crippen molar-refractivity contribution in [2.75, 3.05) is 0 Å². The number of thioether (sulfide) groups is 1. The first kappa shape index (κ1) is 10.3. The molecule has 0 fully saturated rings. The Hall–Kier alpha value is -1.22. The van der Waals surface area contributed by atoms with Gasteiger partial charge in [0.15, 0.2) is 0 Å². The van der Waals surface area contributed by atoms with E-state index >= 15 is 0 Å². The second-order valence-corrected chi connectivity index (χ2v) is 4.40. The van der Waals surface area contributed by atoms with Gasteiger partial charge in [-0.15, -0.1) is 11.8 Å². The average Bonchev–Trinajstić information content (AvgIpc) is 2.56. The maximum atomic E-state index is 5.46. The summed E-state index contributed by atoms with van der Waals surface area (Å²) in [7, 11) is 0. The van der Waals surface area contributed by atoms with E-state index in [1.807, 2.05) is 38.2 Å². The van der Waals surface area contributed by atoms with Gasteiger partial charge >= 0.3 is 0 Å². The van der Waals surface area contributed by atoms with Gasteiger partial charge in [-0.1, -0.05) is 6.07 Å². The third-order valence-electron chi connectivity index (χ3n) is 2.10. The first-order valence-corrected chi connectivity index (χ1v) is 5.84. The van der Waals surface area contributed by atoms with Crippen LogP contribution in [0.4, 0.5) is 0 Å². The maximum absolute atomic E-state index is 5.46. The number of nitrogens with zero attached hydrogens (tertiary/aromatic N) is 1. The van der Waals surface area contributed by atoms with E-state index in [9.17, 15) is 0 Å². The minimum atomic E-state index is 0.890. The van der Waals surface area contributed by atoms with Crippen LogP contribution in [0.15, 0.2) is 39.8 Å². The zero-order valence-electron chi connectivity index (χ0n) is 8.86. The van der Waals surface area contributed by atoms with Crippen molar-refractivity contribution in [1.29, 1.82) is 0 Å². The summed E-state index contributed by atoms with van der Waals surface area (Å²) in [5.41, 5.74) is 1.10. The third-order valence-corrected chi connectivity index (χ3v) is 3.25. The van der Waals surface area contributed by atoms with Crippen molar-refractivity contribution in [3.8, 4) is 0 Å². The van der Waals surface area contributed by atoms with Crippen molar-refractivity contribution in [2.24, 2.45) is 0 Å². The van der Waals surface area contributed by atoms with E-state index in [0.717, 1.165) is 23.0 Å². The molecule has 15 heavy (non-hydrogen) atoms. The second-order valence-electron chi connectivity index (χ2n) is 3.39. The van der Waals surface area contributed by atoms with Crippen molar-refractivity contribution < 1.29 is 4.42 Å². The molecule has 0 aliphatic carbocycles. The molecular weight excluding hydrogens is 206 g/mol. The van der Waals surface area contributed by atoms with Crippen LogP contribution in [0.25, 0.3) is 0 Å². The molecule has 2 heterocycles. The largest absolute Gasteiger partial charge is 0.465 e. The highest BCUT2D eigenvalue weighted by molar-refractivity contribution is 7.98. The molecule has 78 valence electrons. The number of furan rings is 1. The molecular formula is C12H13NOS. The summed E-state index contributed by atoms with van der Waals surface area (Å²) in [5.74, 6) is 2.85. The van der Waals surface area contributed by atoms with Crippen molar-refractivity contribution in [1.82, 2.24) is 4.98 Å². The quantitative estimate of drug-likeness (QED) is 0.738. The predicted molar refractivity (Wildman–Crippen MR) is 62.0 cm³/mol. The standard InChI is InChI=1S/C12H13NOS/c1-9-7-12(10(2)14-9)15-8-11-5-3-4-6-13-11/h3-7H,8H2,1-2H3. The molecule has 0 N–H and O–H groups in total. The van der Waals surface area contributed by atoms with Crippen molar-refractivity contribution in [3.63, 3.8) is 0 Å². The fourth-order valence-corrected chi connectivity index (χ4v) is 2.35. The lowest BCUT2D eigenvalue weighted by molar-refractivity contribution is 0.498. The van der Waals surface area contributed by atoms with Gasteiger partial charge in [0.25, 0.3) is 0 Å². The maximum Gasteiger partial charge on any atom is 0.114 e. The van der Waals surface area contributed by atoms with Gasteiger partial charge in [-0.3, -0.25) is 4.98 Å². The highest BCUT2D eigenvalue weighted by Gasteiger charge is 2.05. The minimum Gasteiger partial charge on any atom is -0.465 e. The van der Waals surface area contributed by atoms with Gasteiger partial charge in [0.1, 0.15) is 11.5 Å². The zero-order valence-corrected chi connectivity index (χ0v) is 9.67. The Balaban J connectivity index is 2.02. The molecule has 0 saturated heterocycles. The van der Waals surface area contributed by atoms with Gasteiger partial charge in [0.05, 0.1) is 5.69 Å². The van der Waals surface area contributed by atoms with E-state index in [1.165, 1.54) is 4.90 Å². The number of rotatable bonds is 3. The van der Waals surface area contributed by atoms with Gasteiger partial charge < -0.3 is 4.42 Å². The van der Waals surface area contributed by atoms with Gasteiger partial charge in [-0.2, -0.15) is 0 Å². The smallest absolute Gasteiger partial charge is 0.114 e. The van der Waals surface area contributed by atoms with Crippen molar-refractivity contribution in [3.05, 3.63) is 47.7 Å². The lowest BCUT2D eigenvalue weighted by Crippen LogP contribution is -1.84. The molecule has 0 amide bonds. The fourth-order valence-electron chi connectivity index (χ4n) is 1.39. The Morgan fingerprint density at radius 3 is 2.80 bits per heavy atom. The van der Waals surface area contributed by atoms with Crippen LogP contribution < -0.4 is 0 Å². The van der Waals surface area contributed by atoms with E-state index in [2.05, 4.69) is 11.1 Å². The molecule has 0 atom stereocenters. The molecule has 0 radical (unpaired) electrons. The number of hydrogen-bond donors (Lipinski definition) is 0. The van der Waals surface area contributed by atoms with E-state index in [-0.39, 0.29) is 0 Å². The van der Waals surface area contributed by atoms with Gasteiger partial charge in [0.2, 0.25) is 0 Å². The van der Waals surface area contributed by atoms with Gasteiger partial charge in [-0.25, -0.2) is 0 Å². The Labute approximate surface area is 93.7 Å². The summed E-state index contributed by atoms with van der Waals surface area (Å²) >= 11 is 1.76. The van der Waals surface area contributed by atoms with Crippen LogP contribution in [0.2, 0.25) is 0 Å². The SMILES string of the molecule is Cc1cc(SCc2ccccn2)c(C)o1. The molecule has 3 heteroatoms. The van der Waals surface area contributed by atoms with Gasteiger partial charge in [-0.05, 0) is 32.0 Å². The Morgan fingerprint density at radius 2 is 2.20 bits per heavy atom. The zero-order chi connectivity index (χ0) is 10.7.